The Bertz CT molecular complexity index is 867. The average molecular weight is 406 g/mol. The van der Waals surface area contributed by atoms with Crippen molar-refractivity contribution in [1.29, 1.82) is 0 Å². The number of hydrogen-bond acceptors (Lipinski definition) is 3. The minimum Gasteiger partial charge on any atom is -0.354 e. The number of amides is 2. The molecule has 2 aliphatic rings. The van der Waals surface area contributed by atoms with Crippen molar-refractivity contribution in [1.82, 2.24) is 15.1 Å². The summed E-state index contributed by atoms with van der Waals surface area (Å²) >= 11 is 0. The van der Waals surface area contributed by atoms with E-state index in [1.165, 1.54) is 11.1 Å². The smallest absolute Gasteiger partial charge is 0.234 e. The van der Waals surface area contributed by atoms with Crippen molar-refractivity contribution in [3.05, 3.63) is 71.3 Å². The molecule has 1 N–H and O–H groups in total. The van der Waals surface area contributed by atoms with E-state index >= 15 is 0 Å². The monoisotopic (exact) mass is 405 g/mol. The van der Waals surface area contributed by atoms with Crippen LogP contribution in [0.5, 0.6) is 0 Å². The average Bonchev–Trinajstić information content (AvgIpc) is 3.56. The minimum atomic E-state index is 0.0802. The van der Waals surface area contributed by atoms with Crippen LogP contribution in [0.1, 0.15) is 29.5 Å². The van der Waals surface area contributed by atoms with Gasteiger partial charge in [-0.05, 0) is 30.9 Å². The maximum absolute atomic E-state index is 12.6. The summed E-state index contributed by atoms with van der Waals surface area (Å²) in [5, 5.41) is 3.14. The van der Waals surface area contributed by atoms with Crippen molar-refractivity contribution in [3.8, 4) is 0 Å². The van der Waals surface area contributed by atoms with Gasteiger partial charge in [0, 0.05) is 38.1 Å². The molecule has 0 bridgehead atoms. The molecule has 0 radical (unpaired) electrons. The highest BCUT2D eigenvalue weighted by Gasteiger charge is 2.44. The first kappa shape index (κ1) is 20.6. The Kier molecular flexibility index (Phi) is 6.18. The van der Waals surface area contributed by atoms with E-state index in [-0.39, 0.29) is 17.2 Å². The van der Waals surface area contributed by atoms with Crippen molar-refractivity contribution in [2.45, 2.75) is 31.6 Å². The lowest BCUT2D eigenvalue weighted by molar-refractivity contribution is -0.132. The molecule has 1 saturated carbocycles. The van der Waals surface area contributed by atoms with E-state index in [1.807, 2.05) is 42.2 Å². The first-order valence-electron chi connectivity index (χ1n) is 10.9. The van der Waals surface area contributed by atoms with Gasteiger partial charge < -0.3 is 10.2 Å². The maximum Gasteiger partial charge on any atom is 0.234 e. The van der Waals surface area contributed by atoms with Crippen molar-refractivity contribution >= 4 is 11.8 Å². The van der Waals surface area contributed by atoms with E-state index in [2.05, 4.69) is 34.5 Å². The van der Waals surface area contributed by atoms with Gasteiger partial charge in [-0.15, -0.1) is 0 Å². The highest BCUT2D eigenvalue weighted by atomic mass is 16.2. The summed E-state index contributed by atoms with van der Waals surface area (Å²) in [7, 11) is 0. The van der Waals surface area contributed by atoms with E-state index < -0.39 is 0 Å². The van der Waals surface area contributed by atoms with Crippen LogP contribution in [0.2, 0.25) is 0 Å². The van der Waals surface area contributed by atoms with E-state index in [1.54, 1.807) is 0 Å². The Morgan fingerprint density at radius 1 is 0.933 bits per heavy atom. The van der Waals surface area contributed by atoms with Gasteiger partial charge in [0.2, 0.25) is 11.8 Å². The Balaban J connectivity index is 1.19. The second kappa shape index (κ2) is 9.00. The van der Waals surface area contributed by atoms with Crippen molar-refractivity contribution in [3.63, 3.8) is 0 Å². The minimum absolute atomic E-state index is 0.0802. The van der Waals surface area contributed by atoms with E-state index in [0.717, 1.165) is 31.5 Å². The van der Waals surface area contributed by atoms with Crippen LogP contribution >= 0.6 is 0 Å². The summed E-state index contributed by atoms with van der Waals surface area (Å²) in [6, 6.07) is 18.6. The molecule has 0 unspecified atom stereocenters. The SMILES string of the molecule is Cc1ccc(CC(=O)N2CCN(CC(=O)NCC3(c4ccccc4)CC3)CC2)cc1. The van der Waals surface area contributed by atoms with Crippen molar-refractivity contribution < 1.29 is 9.59 Å². The molecule has 5 heteroatoms. The largest absolute Gasteiger partial charge is 0.354 e. The molecule has 1 heterocycles. The van der Waals surface area contributed by atoms with Crippen LogP contribution in [0.15, 0.2) is 54.6 Å². The van der Waals surface area contributed by atoms with Crippen LogP contribution < -0.4 is 5.32 Å². The molecule has 1 saturated heterocycles. The molecule has 1 aliphatic heterocycles. The Morgan fingerprint density at radius 3 is 2.23 bits per heavy atom. The zero-order chi connectivity index (χ0) is 21.0. The van der Waals surface area contributed by atoms with Gasteiger partial charge in [0.1, 0.15) is 0 Å². The number of aryl methyl sites for hydroxylation is 1. The first-order chi connectivity index (χ1) is 14.5. The van der Waals surface area contributed by atoms with Gasteiger partial charge in [0.15, 0.2) is 0 Å². The third-order valence-corrected chi connectivity index (χ3v) is 6.43. The molecule has 2 aromatic rings. The summed E-state index contributed by atoms with van der Waals surface area (Å²) in [6.45, 7) is 6.04. The summed E-state index contributed by atoms with van der Waals surface area (Å²) < 4.78 is 0. The summed E-state index contributed by atoms with van der Waals surface area (Å²) in [5.41, 5.74) is 3.72. The van der Waals surface area contributed by atoms with Gasteiger partial charge in [-0.1, -0.05) is 60.2 Å². The predicted octanol–water partition coefficient (Wildman–Crippen LogP) is 2.53. The lowest BCUT2D eigenvalue weighted by Crippen LogP contribution is -2.51. The quantitative estimate of drug-likeness (QED) is 0.770. The molecule has 30 heavy (non-hydrogen) atoms. The Morgan fingerprint density at radius 2 is 1.60 bits per heavy atom. The molecule has 0 aromatic heterocycles. The predicted molar refractivity (Wildman–Crippen MR) is 118 cm³/mol. The van der Waals surface area contributed by atoms with Crippen LogP contribution in [0.4, 0.5) is 0 Å². The molecule has 1 aliphatic carbocycles. The second-order valence-corrected chi connectivity index (χ2v) is 8.74. The molecule has 158 valence electrons. The molecular weight excluding hydrogens is 374 g/mol. The van der Waals surface area contributed by atoms with Gasteiger partial charge in [0.05, 0.1) is 13.0 Å². The number of piperazine rings is 1. The highest BCUT2D eigenvalue weighted by molar-refractivity contribution is 5.79. The Hall–Kier alpha value is -2.66. The lowest BCUT2D eigenvalue weighted by Gasteiger charge is -2.34. The van der Waals surface area contributed by atoms with Gasteiger partial charge in [-0.3, -0.25) is 14.5 Å². The third-order valence-electron chi connectivity index (χ3n) is 6.43. The number of hydrogen-bond donors (Lipinski definition) is 1. The Labute approximate surface area is 179 Å². The van der Waals surface area contributed by atoms with Crippen LogP contribution in [0.25, 0.3) is 0 Å². The zero-order valence-corrected chi connectivity index (χ0v) is 17.8. The van der Waals surface area contributed by atoms with E-state index in [0.29, 0.717) is 32.6 Å². The zero-order valence-electron chi connectivity index (χ0n) is 17.8. The van der Waals surface area contributed by atoms with Crippen LogP contribution in [-0.4, -0.2) is 60.9 Å². The molecule has 2 amide bonds. The fourth-order valence-electron chi connectivity index (χ4n) is 4.18. The number of nitrogens with one attached hydrogen (secondary N) is 1. The van der Waals surface area contributed by atoms with E-state index in [4.69, 9.17) is 0 Å². The fourth-order valence-corrected chi connectivity index (χ4v) is 4.18. The lowest BCUT2D eigenvalue weighted by atomic mass is 9.96. The molecule has 0 spiro atoms. The van der Waals surface area contributed by atoms with Gasteiger partial charge in [-0.25, -0.2) is 0 Å². The van der Waals surface area contributed by atoms with Gasteiger partial charge in [0.25, 0.3) is 0 Å². The molecule has 5 nitrogen and oxygen atoms in total. The van der Waals surface area contributed by atoms with Gasteiger partial charge in [-0.2, -0.15) is 0 Å². The molecular formula is C25H31N3O2. The van der Waals surface area contributed by atoms with E-state index in [9.17, 15) is 9.59 Å². The number of benzene rings is 2. The van der Waals surface area contributed by atoms with Gasteiger partial charge >= 0.3 is 0 Å². The standard InChI is InChI=1S/C25H31N3O2/c1-20-7-9-21(10-8-20)17-24(30)28-15-13-27(14-16-28)18-23(29)26-19-25(11-12-25)22-5-3-2-4-6-22/h2-10H,11-19H2,1H3,(H,26,29). The number of rotatable bonds is 7. The summed E-state index contributed by atoms with van der Waals surface area (Å²) in [6.07, 6.45) is 2.72. The number of nitrogens with zero attached hydrogens (tertiary/aromatic N) is 2. The fraction of sp³-hybridized carbons (Fsp3) is 0.440. The molecule has 4 rings (SSSR count). The van der Waals surface area contributed by atoms with Crippen molar-refractivity contribution in [2.24, 2.45) is 0 Å². The third kappa shape index (κ3) is 5.08. The van der Waals surface area contributed by atoms with Crippen LogP contribution in [-0.2, 0) is 21.4 Å². The normalized spacial score (nSPS) is 18.1. The second-order valence-electron chi connectivity index (χ2n) is 8.74. The van der Waals surface area contributed by atoms with Crippen LogP contribution in [0.3, 0.4) is 0 Å². The maximum atomic E-state index is 12.6. The summed E-state index contributed by atoms with van der Waals surface area (Å²) in [4.78, 5) is 29.1. The highest BCUT2D eigenvalue weighted by Crippen LogP contribution is 2.47. The number of carbonyl (C=O) groups is 2. The van der Waals surface area contributed by atoms with Crippen molar-refractivity contribution in [2.75, 3.05) is 39.3 Å². The molecule has 0 atom stereocenters. The van der Waals surface area contributed by atoms with Crippen LogP contribution in [0, 0.1) is 6.92 Å². The number of carbonyl (C=O) groups excluding carboxylic acids is 2. The summed E-state index contributed by atoms with van der Waals surface area (Å²) in [5.74, 6) is 0.248. The molecule has 2 aromatic carbocycles. The topological polar surface area (TPSA) is 52.7 Å². The first-order valence-corrected chi connectivity index (χ1v) is 10.9. The molecule has 2 fully saturated rings.